The van der Waals surface area contributed by atoms with E-state index in [1.54, 1.807) is 24.3 Å². The van der Waals surface area contributed by atoms with E-state index < -0.39 is 17.0 Å². The number of benzene rings is 1. The molecule has 0 bridgehead atoms. The van der Waals surface area contributed by atoms with Crippen LogP contribution in [-0.4, -0.2) is 26.1 Å². The van der Waals surface area contributed by atoms with Gasteiger partial charge in [-0.05, 0) is 46.8 Å². The highest BCUT2D eigenvalue weighted by Gasteiger charge is 2.31. The van der Waals surface area contributed by atoms with Crippen LogP contribution in [0.4, 0.5) is 0 Å². The van der Waals surface area contributed by atoms with Crippen molar-refractivity contribution in [2.45, 2.75) is 52.4 Å². The van der Waals surface area contributed by atoms with Gasteiger partial charge in [0.05, 0.1) is 23.4 Å². The third kappa shape index (κ3) is 3.06. The lowest BCUT2D eigenvalue weighted by Gasteiger charge is -2.33. The zero-order valence-electron chi connectivity index (χ0n) is 13.7. The number of aromatic amines is 1. The lowest BCUT2D eigenvalue weighted by atomic mass is 10.0. The Labute approximate surface area is 129 Å². The van der Waals surface area contributed by atoms with Crippen molar-refractivity contribution >= 4 is 0 Å². The Morgan fingerprint density at radius 3 is 2.23 bits per heavy atom. The molecule has 120 valence electrons. The van der Waals surface area contributed by atoms with Gasteiger partial charge in [0.15, 0.2) is 0 Å². The van der Waals surface area contributed by atoms with Crippen LogP contribution in [0.1, 0.15) is 40.7 Å². The molecule has 1 atom stereocenters. The molecule has 0 aliphatic carbocycles. The summed E-state index contributed by atoms with van der Waals surface area (Å²) in [5.41, 5.74) is -0.904. The maximum atomic E-state index is 12.6. The van der Waals surface area contributed by atoms with Crippen LogP contribution in [0.2, 0.25) is 0 Å². The summed E-state index contributed by atoms with van der Waals surface area (Å²) in [7, 11) is 0. The Morgan fingerprint density at radius 1 is 1.09 bits per heavy atom. The Bertz CT molecular complexity index is 738. The predicted molar refractivity (Wildman–Crippen MR) is 85.7 cm³/mol. The van der Waals surface area contributed by atoms with Gasteiger partial charge in [-0.1, -0.05) is 18.2 Å². The second kappa shape index (κ2) is 5.96. The van der Waals surface area contributed by atoms with Crippen molar-refractivity contribution in [3.8, 4) is 5.69 Å². The van der Waals surface area contributed by atoms with E-state index in [4.69, 9.17) is 4.74 Å². The van der Waals surface area contributed by atoms with Gasteiger partial charge in [-0.3, -0.25) is 0 Å². The van der Waals surface area contributed by atoms with Crippen LogP contribution in [-0.2, 0) is 4.74 Å². The van der Waals surface area contributed by atoms with Crippen LogP contribution in [0.15, 0.2) is 39.9 Å². The van der Waals surface area contributed by atoms with E-state index in [9.17, 15) is 9.59 Å². The average Bonchev–Trinajstić information content (AvgIpc) is 2.72. The van der Waals surface area contributed by atoms with Gasteiger partial charge in [-0.25, -0.2) is 23.9 Å². The molecule has 1 aromatic heterocycles. The fraction of sp³-hybridized carbons (Fsp3) is 0.500. The molecule has 1 heterocycles. The quantitative estimate of drug-likeness (QED) is 0.919. The highest BCUT2D eigenvalue weighted by atomic mass is 16.5. The SMILES string of the molecule is CC(C)OC(C)(C)C(C)n1[nH]c(=O)n(-c2ccccc2)c1=O. The molecule has 6 nitrogen and oxygen atoms in total. The molecule has 22 heavy (non-hydrogen) atoms. The number of para-hydroxylation sites is 1. The minimum atomic E-state index is -0.593. The molecule has 0 saturated heterocycles. The second-order valence-corrected chi connectivity index (χ2v) is 6.19. The van der Waals surface area contributed by atoms with E-state index in [0.29, 0.717) is 5.69 Å². The number of H-pyrrole nitrogens is 1. The fourth-order valence-electron chi connectivity index (χ4n) is 2.48. The van der Waals surface area contributed by atoms with E-state index >= 15 is 0 Å². The van der Waals surface area contributed by atoms with Gasteiger partial charge in [0, 0.05) is 0 Å². The zero-order valence-corrected chi connectivity index (χ0v) is 13.7. The van der Waals surface area contributed by atoms with E-state index in [-0.39, 0.29) is 12.1 Å². The first kappa shape index (κ1) is 16.3. The average molecular weight is 305 g/mol. The molecular weight excluding hydrogens is 282 g/mol. The minimum absolute atomic E-state index is 0.0242. The fourth-order valence-corrected chi connectivity index (χ4v) is 2.48. The topological polar surface area (TPSA) is 69.0 Å². The number of hydrogen-bond donors (Lipinski definition) is 1. The number of nitrogens with zero attached hydrogens (tertiary/aromatic N) is 2. The lowest BCUT2D eigenvalue weighted by molar-refractivity contribution is -0.0864. The molecule has 0 radical (unpaired) electrons. The van der Waals surface area contributed by atoms with Crippen molar-refractivity contribution in [3.63, 3.8) is 0 Å². The van der Waals surface area contributed by atoms with Gasteiger partial charge in [0.2, 0.25) is 0 Å². The largest absolute Gasteiger partial charge is 0.371 e. The maximum Gasteiger partial charge on any atom is 0.351 e. The van der Waals surface area contributed by atoms with Gasteiger partial charge in [0.25, 0.3) is 0 Å². The normalized spacial score (nSPS) is 13.5. The first-order valence-electron chi connectivity index (χ1n) is 7.41. The summed E-state index contributed by atoms with van der Waals surface area (Å²) < 4.78 is 8.33. The Hall–Kier alpha value is -2.08. The van der Waals surface area contributed by atoms with Gasteiger partial charge in [0.1, 0.15) is 0 Å². The van der Waals surface area contributed by atoms with Crippen molar-refractivity contribution < 1.29 is 4.74 Å². The summed E-state index contributed by atoms with van der Waals surface area (Å²) in [4.78, 5) is 24.8. The number of rotatable bonds is 5. The molecule has 0 spiro atoms. The van der Waals surface area contributed by atoms with Crippen LogP contribution < -0.4 is 11.4 Å². The van der Waals surface area contributed by atoms with Crippen LogP contribution in [0.3, 0.4) is 0 Å². The standard InChI is InChI=1S/C16H23N3O3/c1-11(2)22-16(4,5)12(3)19-15(21)18(14(20)17-19)13-9-7-6-8-10-13/h6-12H,1-5H3,(H,17,20). The smallest absolute Gasteiger partial charge is 0.351 e. The molecule has 0 amide bonds. The molecule has 2 rings (SSSR count). The number of ether oxygens (including phenoxy) is 1. The molecule has 1 N–H and O–H groups in total. The summed E-state index contributed by atoms with van der Waals surface area (Å²) >= 11 is 0. The number of hydrogen-bond acceptors (Lipinski definition) is 3. The van der Waals surface area contributed by atoms with Crippen LogP contribution >= 0.6 is 0 Å². The summed E-state index contributed by atoms with van der Waals surface area (Å²) in [5.74, 6) is 0. The highest BCUT2D eigenvalue weighted by molar-refractivity contribution is 5.30. The van der Waals surface area contributed by atoms with Gasteiger partial charge in [-0.15, -0.1) is 0 Å². The molecule has 6 heteroatoms. The molecule has 1 unspecified atom stereocenters. The van der Waals surface area contributed by atoms with Crippen LogP contribution in [0.5, 0.6) is 0 Å². The van der Waals surface area contributed by atoms with Gasteiger partial charge in [-0.2, -0.15) is 0 Å². The van der Waals surface area contributed by atoms with E-state index in [1.165, 1.54) is 4.68 Å². The number of aromatic nitrogens is 3. The summed E-state index contributed by atoms with van der Waals surface area (Å²) in [5, 5.41) is 2.62. The first-order valence-corrected chi connectivity index (χ1v) is 7.41. The summed E-state index contributed by atoms with van der Waals surface area (Å²) in [6.45, 7) is 9.55. The monoisotopic (exact) mass is 305 g/mol. The minimum Gasteiger partial charge on any atom is -0.371 e. The van der Waals surface area contributed by atoms with Gasteiger partial charge >= 0.3 is 11.4 Å². The van der Waals surface area contributed by atoms with Crippen molar-refractivity contribution in [1.82, 2.24) is 14.3 Å². The molecule has 0 aliphatic heterocycles. The van der Waals surface area contributed by atoms with Crippen molar-refractivity contribution in [1.29, 1.82) is 0 Å². The number of nitrogens with one attached hydrogen (secondary N) is 1. The third-order valence-corrected chi connectivity index (χ3v) is 3.76. The lowest BCUT2D eigenvalue weighted by Crippen LogP contribution is -2.41. The summed E-state index contributed by atoms with van der Waals surface area (Å²) in [6.07, 6.45) is 0.0242. The summed E-state index contributed by atoms with van der Waals surface area (Å²) in [6, 6.07) is 8.53. The zero-order chi connectivity index (χ0) is 16.5. The first-order chi connectivity index (χ1) is 10.2. The van der Waals surface area contributed by atoms with E-state index in [0.717, 1.165) is 4.57 Å². The molecule has 0 saturated carbocycles. The molecule has 0 fully saturated rings. The Kier molecular flexibility index (Phi) is 4.42. The Balaban J connectivity index is 2.47. The van der Waals surface area contributed by atoms with E-state index in [2.05, 4.69) is 5.10 Å². The van der Waals surface area contributed by atoms with Crippen LogP contribution in [0.25, 0.3) is 5.69 Å². The van der Waals surface area contributed by atoms with E-state index in [1.807, 2.05) is 40.7 Å². The second-order valence-electron chi connectivity index (χ2n) is 6.19. The van der Waals surface area contributed by atoms with Gasteiger partial charge < -0.3 is 4.74 Å². The third-order valence-electron chi connectivity index (χ3n) is 3.76. The molecular formula is C16H23N3O3. The molecule has 1 aromatic carbocycles. The predicted octanol–water partition coefficient (Wildman–Crippen LogP) is 2.09. The van der Waals surface area contributed by atoms with Crippen molar-refractivity contribution in [2.75, 3.05) is 0 Å². The highest BCUT2D eigenvalue weighted by Crippen LogP contribution is 2.25. The van der Waals surface area contributed by atoms with Crippen LogP contribution in [0, 0.1) is 0 Å². The van der Waals surface area contributed by atoms with Crippen molar-refractivity contribution in [2.24, 2.45) is 0 Å². The Morgan fingerprint density at radius 2 is 1.68 bits per heavy atom. The van der Waals surface area contributed by atoms with Crippen molar-refractivity contribution in [3.05, 3.63) is 51.3 Å². The maximum absolute atomic E-state index is 12.6. The molecule has 0 aliphatic rings. The molecule has 2 aromatic rings.